The third-order valence-electron chi connectivity index (χ3n) is 1.73. The summed E-state index contributed by atoms with van der Waals surface area (Å²) in [6.45, 7) is 5.51. The maximum Gasteiger partial charge on any atom is 0.407 e. The molecule has 1 aliphatic rings. The van der Waals surface area contributed by atoms with E-state index in [-0.39, 0.29) is 30.6 Å². The van der Waals surface area contributed by atoms with Gasteiger partial charge in [0.1, 0.15) is 0 Å². The molecule has 0 saturated carbocycles. The fourth-order valence-electron chi connectivity index (χ4n) is 1.19. The van der Waals surface area contributed by atoms with Crippen molar-refractivity contribution in [2.24, 2.45) is 0 Å². The van der Waals surface area contributed by atoms with Gasteiger partial charge in [0, 0.05) is 12.6 Å². The van der Waals surface area contributed by atoms with Crippen LogP contribution in [-0.4, -0.2) is 31.3 Å². The molecule has 0 aromatic rings. The zero-order valence-electron chi connectivity index (χ0n) is 8.00. The smallest absolute Gasteiger partial charge is 0.407 e. The summed E-state index contributed by atoms with van der Waals surface area (Å²) in [5, 5.41) is 5.95. The van der Waals surface area contributed by atoms with E-state index in [0.717, 1.165) is 19.5 Å². The number of carbonyl (C=O) groups is 1. The highest BCUT2D eigenvalue weighted by Crippen LogP contribution is 1.98. The van der Waals surface area contributed by atoms with E-state index in [0.29, 0.717) is 0 Å². The van der Waals surface area contributed by atoms with Crippen molar-refractivity contribution in [2.45, 2.75) is 32.4 Å². The van der Waals surface area contributed by atoms with Crippen LogP contribution in [-0.2, 0) is 4.74 Å². The van der Waals surface area contributed by atoms with E-state index in [1.807, 2.05) is 13.8 Å². The van der Waals surface area contributed by atoms with E-state index in [1.54, 1.807) is 0 Å². The minimum Gasteiger partial charge on any atom is -0.447 e. The van der Waals surface area contributed by atoms with Crippen molar-refractivity contribution >= 4 is 18.5 Å². The number of alkyl carbamates (subject to hydrolysis) is 1. The van der Waals surface area contributed by atoms with Crippen LogP contribution in [0.3, 0.4) is 0 Å². The average Bonchev–Trinajstić information content (AvgIpc) is 2.37. The molecule has 1 rings (SSSR count). The van der Waals surface area contributed by atoms with Crippen LogP contribution in [0.15, 0.2) is 0 Å². The molecule has 4 nitrogen and oxygen atoms in total. The van der Waals surface area contributed by atoms with E-state index in [9.17, 15) is 4.79 Å². The van der Waals surface area contributed by atoms with Crippen molar-refractivity contribution in [3.8, 4) is 0 Å². The predicted octanol–water partition coefficient (Wildman–Crippen LogP) is 0.905. The molecule has 5 heteroatoms. The van der Waals surface area contributed by atoms with Gasteiger partial charge in [-0.15, -0.1) is 12.4 Å². The molecule has 1 fully saturated rings. The van der Waals surface area contributed by atoms with Crippen molar-refractivity contribution < 1.29 is 9.53 Å². The van der Waals surface area contributed by atoms with Crippen LogP contribution in [0.2, 0.25) is 0 Å². The number of halogens is 1. The van der Waals surface area contributed by atoms with Gasteiger partial charge < -0.3 is 15.4 Å². The highest BCUT2D eigenvalue weighted by atomic mass is 35.5. The molecule has 0 radical (unpaired) electrons. The summed E-state index contributed by atoms with van der Waals surface area (Å²) in [4.78, 5) is 11.0. The van der Waals surface area contributed by atoms with E-state index < -0.39 is 0 Å². The fraction of sp³-hybridized carbons (Fsp3) is 0.875. The number of hydrogen-bond acceptors (Lipinski definition) is 3. The first-order valence-corrected chi connectivity index (χ1v) is 4.36. The standard InChI is InChI=1S/C8H16N2O2.ClH/c1-6(2)12-8(11)10-7-3-4-9-5-7;/h6-7,9H,3-5H2,1-2H3,(H,10,11);1H/t7-;/m1./s1. The lowest BCUT2D eigenvalue weighted by Crippen LogP contribution is -2.37. The highest BCUT2D eigenvalue weighted by Gasteiger charge is 2.17. The van der Waals surface area contributed by atoms with Crippen molar-refractivity contribution in [3.05, 3.63) is 0 Å². The fourth-order valence-corrected chi connectivity index (χ4v) is 1.19. The van der Waals surface area contributed by atoms with Crippen LogP contribution in [0.25, 0.3) is 0 Å². The predicted molar refractivity (Wildman–Crippen MR) is 53.3 cm³/mol. The van der Waals surface area contributed by atoms with Gasteiger partial charge in [0.05, 0.1) is 6.10 Å². The Morgan fingerprint density at radius 1 is 1.62 bits per heavy atom. The van der Waals surface area contributed by atoms with Gasteiger partial charge in [-0.3, -0.25) is 0 Å². The Hall–Kier alpha value is -0.480. The number of nitrogens with one attached hydrogen (secondary N) is 2. The van der Waals surface area contributed by atoms with Crippen molar-refractivity contribution in [1.82, 2.24) is 10.6 Å². The molecule has 13 heavy (non-hydrogen) atoms. The van der Waals surface area contributed by atoms with Crippen LogP contribution >= 0.6 is 12.4 Å². The molecule has 1 amide bonds. The molecule has 1 heterocycles. The zero-order chi connectivity index (χ0) is 8.97. The second-order valence-corrected chi connectivity index (χ2v) is 3.29. The lowest BCUT2D eigenvalue weighted by molar-refractivity contribution is 0.113. The van der Waals surface area contributed by atoms with E-state index >= 15 is 0 Å². The Balaban J connectivity index is 0.00000144. The SMILES string of the molecule is CC(C)OC(=O)N[C@@H]1CCNC1.Cl. The average molecular weight is 209 g/mol. The van der Waals surface area contributed by atoms with Crippen molar-refractivity contribution in [1.29, 1.82) is 0 Å². The van der Waals surface area contributed by atoms with Crippen molar-refractivity contribution in [2.75, 3.05) is 13.1 Å². The summed E-state index contributed by atoms with van der Waals surface area (Å²) in [5.41, 5.74) is 0. The maximum atomic E-state index is 11.0. The molecule has 0 bridgehead atoms. The molecular formula is C8H17ClN2O2. The summed E-state index contributed by atoms with van der Waals surface area (Å²) in [6, 6.07) is 0.247. The maximum absolute atomic E-state index is 11.0. The molecule has 0 unspecified atom stereocenters. The number of amides is 1. The summed E-state index contributed by atoms with van der Waals surface area (Å²) < 4.78 is 4.93. The first kappa shape index (κ1) is 12.5. The molecule has 0 aromatic heterocycles. The van der Waals surface area contributed by atoms with Crippen LogP contribution in [0.1, 0.15) is 20.3 Å². The van der Waals surface area contributed by atoms with E-state index in [1.165, 1.54) is 0 Å². The Labute approximate surface area is 84.8 Å². The minimum atomic E-state index is -0.307. The molecule has 78 valence electrons. The quantitative estimate of drug-likeness (QED) is 0.709. The molecular weight excluding hydrogens is 192 g/mol. The molecule has 1 saturated heterocycles. The monoisotopic (exact) mass is 208 g/mol. The lowest BCUT2D eigenvalue weighted by atomic mass is 10.3. The normalized spacial score (nSPS) is 21.0. The molecule has 1 aliphatic heterocycles. The van der Waals surface area contributed by atoms with Crippen LogP contribution in [0.4, 0.5) is 4.79 Å². The molecule has 1 atom stereocenters. The minimum absolute atomic E-state index is 0. The lowest BCUT2D eigenvalue weighted by Gasteiger charge is -2.13. The topological polar surface area (TPSA) is 50.4 Å². The first-order chi connectivity index (χ1) is 5.68. The van der Waals surface area contributed by atoms with E-state index in [4.69, 9.17) is 4.74 Å². The molecule has 0 aliphatic carbocycles. The van der Waals surface area contributed by atoms with Gasteiger partial charge in [0.2, 0.25) is 0 Å². The Kier molecular flexibility index (Phi) is 5.82. The van der Waals surface area contributed by atoms with Crippen molar-refractivity contribution in [3.63, 3.8) is 0 Å². The molecule has 0 aromatic carbocycles. The second-order valence-electron chi connectivity index (χ2n) is 3.29. The van der Waals surface area contributed by atoms with Gasteiger partial charge in [-0.05, 0) is 26.8 Å². The largest absolute Gasteiger partial charge is 0.447 e. The molecule has 2 N–H and O–H groups in total. The highest BCUT2D eigenvalue weighted by molar-refractivity contribution is 5.85. The number of rotatable bonds is 2. The van der Waals surface area contributed by atoms with Gasteiger partial charge in [0.25, 0.3) is 0 Å². The van der Waals surface area contributed by atoms with E-state index in [2.05, 4.69) is 10.6 Å². The summed E-state index contributed by atoms with van der Waals surface area (Å²) >= 11 is 0. The van der Waals surface area contributed by atoms with Gasteiger partial charge in [-0.25, -0.2) is 4.79 Å². The first-order valence-electron chi connectivity index (χ1n) is 4.36. The third kappa shape index (κ3) is 4.95. The third-order valence-corrected chi connectivity index (χ3v) is 1.73. The summed E-state index contributed by atoms with van der Waals surface area (Å²) in [6.07, 6.45) is 0.644. The van der Waals surface area contributed by atoms with Crippen LogP contribution in [0.5, 0.6) is 0 Å². The molecule has 0 spiro atoms. The Bertz CT molecular complexity index is 158. The summed E-state index contributed by atoms with van der Waals surface area (Å²) in [7, 11) is 0. The van der Waals surface area contributed by atoms with Gasteiger partial charge >= 0.3 is 6.09 Å². The van der Waals surface area contributed by atoms with Gasteiger partial charge in [-0.2, -0.15) is 0 Å². The zero-order valence-corrected chi connectivity index (χ0v) is 8.82. The second kappa shape index (κ2) is 6.05. The van der Waals surface area contributed by atoms with Gasteiger partial charge in [0.15, 0.2) is 0 Å². The van der Waals surface area contributed by atoms with Crippen LogP contribution < -0.4 is 10.6 Å². The Morgan fingerprint density at radius 3 is 2.77 bits per heavy atom. The van der Waals surface area contributed by atoms with Gasteiger partial charge in [-0.1, -0.05) is 0 Å². The van der Waals surface area contributed by atoms with Crippen LogP contribution in [0, 0.1) is 0 Å². The number of ether oxygens (including phenoxy) is 1. The summed E-state index contributed by atoms with van der Waals surface area (Å²) in [5.74, 6) is 0. The number of carbonyl (C=O) groups excluding carboxylic acids is 1. The number of hydrogen-bond donors (Lipinski definition) is 2. The Morgan fingerprint density at radius 2 is 2.31 bits per heavy atom.